The molecule has 1 saturated carbocycles. The van der Waals surface area contributed by atoms with Crippen molar-refractivity contribution in [3.05, 3.63) is 87.9 Å². The van der Waals surface area contributed by atoms with Crippen molar-refractivity contribution in [1.82, 2.24) is 5.32 Å². The maximum atomic E-state index is 13.2. The molecule has 37 heavy (non-hydrogen) atoms. The first-order valence-electron chi connectivity index (χ1n) is 11.5. The van der Waals surface area contributed by atoms with Gasteiger partial charge in [0.15, 0.2) is 0 Å². The maximum absolute atomic E-state index is 13.2. The average Bonchev–Trinajstić information content (AvgIpc) is 3.23. The van der Waals surface area contributed by atoms with Crippen molar-refractivity contribution in [2.75, 3.05) is 12.4 Å². The molecule has 1 heterocycles. The van der Waals surface area contributed by atoms with Crippen molar-refractivity contribution in [3.63, 3.8) is 0 Å². The van der Waals surface area contributed by atoms with Gasteiger partial charge in [0, 0.05) is 11.3 Å². The second-order valence-electron chi connectivity index (χ2n) is 9.02. The number of furan rings is 1. The molecule has 0 radical (unpaired) electrons. The van der Waals surface area contributed by atoms with Gasteiger partial charge in [-0.3, -0.25) is 9.59 Å². The van der Waals surface area contributed by atoms with E-state index in [4.69, 9.17) is 9.15 Å². The fraction of sp³-hybridized carbons (Fsp3) is 0.296. The molecule has 1 fully saturated rings. The van der Waals surface area contributed by atoms with Crippen LogP contribution in [0.5, 0.6) is 0 Å². The minimum atomic E-state index is -4.72. The molecule has 3 aromatic rings. The quantitative estimate of drug-likeness (QED) is 0.408. The molecule has 194 valence electrons. The molecule has 1 aromatic heterocycles. The van der Waals surface area contributed by atoms with Gasteiger partial charge in [0.2, 0.25) is 0 Å². The van der Waals surface area contributed by atoms with Gasteiger partial charge < -0.3 is 19.8 Å². The summed E-state index contributed by atoms with van der Waals surface area (Å²) in [6.45, 7) is 3.03. The molecule has 1 aliphatic carbocycles. The number of anilines is 1. The Balaban J connectivity index is 1.50. The van der Waals surface area contributed by atoms with Gasteiger partial charge in [-0.2, -0.15) is 13.2 Å². The van der Waals surface area contributed by atoms with E-state index in [9.17, 15) is 27.6 Å². The van der Waals surface area contributed by atoms with Gasteiger partial charge in [0.1, 0.15) is 17.6 Å². The van der Waals surface area contributed by atoms with Crippen LogP contribution in [0.1, 0.15) is 72.8 Å². The summed E-state index contributed by atoms with van der Waals surface area (Å²) in [6.07, 6.45) is -1.89. The predicted molar refractivity (Wildman–Crippen MR) is 128 cm³/mol. The molecule has 2 amide bonds. The smallest absolute Gasteiger partial charge is 0.420 e. The van der Waals surface area contributed by atoms with Crippen molar-refractivity contribution in [3.8, 4) is 0 Å². The van der Waals surface area contributed by atoms with Crippen LogP contribution in [0.2, 0.25) is 0 Å². The van der Waals surface area contributed by atoms with Crippen LogP contribution in [0.15, 0.2) is 53.1 Å². The molecule has 0 bridgehead atoms. The van der Waals surface area contributed by atoms with Crippen LogP contribution in [0.3, 0.4) is 0 Å². The Labute approximate surface area is 211 Å². The molecule has 0 saturated heterocycles. The Kier molecular flexibility index (Phi) is 6.86. The van der Waals surface area contributed by atoms with E-state index >= 15 is 0 Å². The molecule has 0 unspecified atom stereocenters. The number of benzene rings is 2. The minimum Gasteiger partial charge on any atom is -0.468 e. The predicted octanol–water partition coefficient (Wildman–Crippen LogP) is 5.76. The largest absolute Gasteiger partial charge is 0.468 e. The summed E-state index contributed by atoms with van der Waals surface area (Å²) in [5, 5.41) is 5.58. The molecule has 1 aliphatic rings. The third-order valence-electron chi connectivity index (χ3n) is 6.65. The molecule has 4 rings (SSSR count). The Bertz CT molecular complexity index is 1360. The highest BCUT2D eigenvalue weighted by Gasteiger charge is 2.41. The van der Waals surface area contributed by atoms with Gasteiger partial charge in [-0.1, -0.05) is 12.1 Å². The van der Waals surface area contributed by atoms with E-state index in [0.29, 0.717) is 41.5 Å². The number of nitrogens with one attached hydrogen (secondary N) is 2. The highest BCUT2D eigenvalue weighted by molar-refractivity contribution is 6.06. The Morgan fingerprint density at radius 1 is 1.00 bits per heavy atom. The molecular formula is C27H25F3N2O5. The summed E-state index contributed by atoms with van der Waals surface area (Å²) in [7, 11) is 1.29. The highest BCUT2D eigenvalue weighted by atomic mass is 19.4. The van der Waals surface area contributed by atoms with Gasteiger partial charge >= 0.3 is 12.1 Å². The Hall–Kier alpha value is -4.08. The standard InChI is InChI=1S/C27H25F3N2O5/c1-15-13-17(25(35)36-3)5-10-20(15)23(33)32-26(11-4-12-26)18-6-8-19(9-7-18)31-24(34)22-16(2)37-14-21(22)27(28,29)30/h5-10,13-14H,4,11-12H2,1-3H3,(H,31,34)(H,32,33). The first-order valence-corrected chi connectivity index (χ1v) is 11.5. The van der Waals surface area contributed by atoms with Crippen LogP contribution >= 0.6 is 0 Å². The molecule has 0 spiro atoms. The van der Waals surface area contributed by atoms with Crippen LogP contribution in [0, 0.1) is 13.8 Å². The highest BCUT2D eigenvalue weighted by Crippen LogP contribution is 2.42. The maximum Gasteiger partial charge on any atom is 0.420 e. The lowest BCUT2D eigenvalue weighted by molar-refractivity contribution is -0.138. The number of amides is 2. The van der Waals surface area contributed by atoms with E-state index in [1.165, 1.54) is 20.1 Å². The molecule has 10 heteroatoms. The molecule has 0 aliphatic heterocycles. The summed E-state index contributed by atoms with van der Waals surface area (Å²) >= 11 is 0. The summed E-state index contributed by atoms with van der Waals surface area (Å²) in [4.78, 5) is 37.4. The van der Waals surface area contributed by atoms with Gasteiger partial charge in [0.05, 0.1) is 23.8 Å². The second kappa shape index (κ2) is 9.76. The van der Waals surface area contributed by atoms with Crippen molar-refractivity contribution < 1.29 is 36.7 Å². The average molecular weight is 515 g/mol. The SMILES string of the molecule is COC(=O)c1ccc(C(=O)NC2(c3ccc(NC(=O)c4c(C(F)(F)F)coc4C)cc3)CCC2)c(C)c1. The molecule has 0 atom stereocenters. The number of ether oxygens (including phenoxy) is 1. The van der Waals surface area contributed by atoms with E-state index in [0.717, 1.165) is 12.0 Å². The first kappa shape index (κ1) is 26.0. The summed E-state index contributed by atoms with van der Waals surface area (Å²) < 4.78 is 49.2. The zero-order valence-corrected chi connectivity index (χ0v) is 20.4. The number of hydrogen-bond acceptors (Lipinski definition) is 5. The van der Waals surface area contributed by atoms with E-state index in [2.05, 4.69) is 10.6 Å². The number of rotatable bonds is 6. The third kappa shape index (κ3) is 5.09. The monoisotopic (exact) mass is 514 g/mol. The van der Waals surface area contributed by atoms with Crippen LogP contribution < -0.4 is 10.6 Å². The number of alkyl halides is 3. The van der Waals surface area contributed by atoms with Crippen LogP contribution in [0.4, 0.5) is 18.9 Å². The van der Waals surface area contributed by atoms with Gasteiger partial charge in [-0.15, -0.1) is 0 Å². The first-order chi connectivity index (χ1) is 17.4. The lowest BCUT2D eigenvalue weighted by Gasteiger charge is -2.43. The molecule has 7 nitrogen and oxygen atoms in total. The second-order valence-corrected chi connectivity index (χ2v) is 9.02. The third-order valence-corrected chi connectivity index (χ3v) is 6.65. The number of methoxy groups -OCH3 is 1. The van der Waals surface area contributed by atoms with E-state index in [-0.39, 0.29) is 11.7 Å². The number of halogens is 3. The van der Waals surface area contributed by atoms with Gasteiger partial charge in [0.25, 0.3) is 11.8 Å². The van der Waals surface area contributed by atoms with E-state index in [1.54, 1.807) is 43.3 Å². The van der Waals surface area contributed by atoms with E-state index < -0.39 is 34.7 Å². The fourth-order valence-corrected chi connectivity index (χ4v) is 4.48. The molecule has 2 N–H and O–H groups in total. The zero-order chi connectivity index (χ0) is 27.0. The Morgan fingerprint density at radius 2 is 1.68 bits per heavy atom. The van der Waals surface area contributed by atoms with Crippen LogP contribution in [0.25, 0.3) is 0 Å². The van der Waals surface area contributed by atoms with Crippen LogP contribution in [-0.4, -0.2) is 24.9 Å². The molecular weight excluding hydrogens is 489 g/mol. The van der Waals surface area contributed by atoms with Crippen LogP contribution in [-0.2, 0) is 16.5 Å². The lowest BCUT2D eigenvalue weighted by atomic mass is 9.71. The number of esters is 1. The topological polar surface area (TPSA) is 97.6 Å². The zero-order valence-electron chi connectivity index (χ0n) is 20.4. The van der Waals surface area contributed by atoms with Crippen molar-refractivity contribution in [1.29, 1.82) is 0 Å². The number of carbonyl (C=O) groups excluding carboxylic acids is 3. The summed E-state index contributed by atoms with van der Waals surface area (Å²) in [6, 6.07) is 11.3. The number of aryl methyl sites for hydroxylation is 2. The fourth-order valence-electron chi connectivity index (χ4n) is 4.48. The summed E-state index contributed by atoms with van der Waals surface area (Å²) in [5.41, 5.74) is 0.206. The van der Waals surface area contributed by atoms with Gasteiger partial charge in [-0.25, -0.2) is 4.79 Å². The lowest BCUT2D eigenvalue weighted by Crippen LogP contribution is -2.50. The van der Waals surface area contributed by atoms with E-state index in [1.807, 2.05) is 0 Å². The Morgan fingerprint density at radius 3 is 2.22 bits per heavy atom. The minimum absolute atomic E-state index is 0.132. The van der Waals surface area contributed by atoms with Gasteiger partial charge in [-0.05, 0) is 74.6 Å². The molecule has 2 aromatic carbocycles. The number of hydrogen-bond donors (Lipinski definition) is 2. The van der Waals surface area contributed by atoms with Crippen molar-refractivity contribution in [2.24, 2.45) is 0 Å². The van der Waals surface area contributed by atoms with Crippen molar-refractivity contribution in [2.45, 2.75) is 44.8 Å². The van der Waals surface area contributed by atoms with Crippen molar-refractivity contribution >= 4 is 23.5 Å². The number of carbonyl (C=O) groups is 3. The normalized spacial score (nSPS) is 14.4. The summed E-state index contributed by atoms with van der Waals surface area (Å²) in [5.74, 6) is -1.84.